The van der Waals surface area contributed by atoms with Crippen LogP contribution in [0.5, 0.6) is 11.5 Å². The Bertz CT molecular complexity index is 759. The van der Waals surface area contributed by atoms with Crippen LogP contribution in [0, 0.1) is 13.8 Å². The smallest absolute Gasteiger partial charge is 0.251 e. The number of nitrogens with one attached hydrogen (secondary N) is 1. The Morgan fingerprint density at radius 2 is 1.88 bits per heavy atom. The van der Waals surface area contributed by atoms with Gasteiger partial charge >= 0.3 is 0 Å². The number of methoxy groups -OCH3 is 2. The summed E-state index contributed by atoms with van der Waals surface area (Å²) in [6.07, 6.45) is 1.80. The van der Waals surface area contributed by atoms with E-state index < -0.39 is 0 Å². The minimum atomic E-state index is -0.177. The molecule has 2 aromatic rings. The summed E-state index contributed by atoms with van der Waals surface area (Å²) in [6.45, 7) is 4.80. The maximum atomic E-state index is 12.3. The third-order valence-corrected chi connectivity index (χ3v) is 4.38. The highest BCUT2D eigenvalue weighted by Crippen LogP contribution is 2.35. The molecule has 0 unspecified atom stereocenters. The molecule has 0 saturated heterocycles. The number of hydrogen-bond acceptors (Lipinski definition) is 3. The molecule has 4 nitrogen and oxygen atoms in total. The summed E-state index contributed by atoms with van der Waals surface area (Å²) in [5.41, 5.74) is 4.32. The molecule has 0 heterocycles. The van der Waals surface area contributed by atoms with Gasteiger partial charge in [-0.05, 0) is 49.9 Å². The lowest BCUT2D eigenvalue weighted by Crippen LogP contribution is -2.25. The van der Waals surface area contributed by atoms with Gasteiger partial charge in [-0.1, -0.05) is 35.4 Å². The Kier molecular flexibility index (Phi) is 6.71. The summed E-state index contributed by atoms with van der Waals surface area (Å²) >= 11 is 6.14. The first-order valence-electron chi connectivity index (χ1n) is 8.22. The van der Waals surface area contributed by atoms with Gasteiger partial charge in [0, 0.05) is 12.1 Å². The van der Waals surface area contributed by atoms with Gasteiger partial charge < -0.3 is 14.8 Å². The van der Waals surface area contributed by atoms with Gasteiger partial charge in [-0.25, -0.2) is 0 Å². The summed E-state index contributed by atoms with van der Waals surface area (Å²) < 4.78 is 10.4. The molecule has 0 fully saturated rings. The SMILES string of the molecule is COc1cc(C(=O)NCCCc2ccc(C)cc2C)cc(Cl)c1OC. The molecule has 0 atom stereocenters. The molecule has 0 saturated carbocycles. The molecule has 0 aliphatic heterocycles. The Balaban J connectivity index is 1.93. The lowest BCUT2D eigenvalue weighted by molar-refractivity contribution is 0.0953. The van der Waals surface area contributed by atoms with Crippen molar-refractivity contribution < 1.29 is 14.3 Å². The number of amides is 1. The van der Waals surface area contributed by atoms with Crippen molar-refractivity contribution in [1.82, 2.24) is 5.32 Å². The second-order valence-electron chi connectivity index (χ2n) is 5.98. The predicted molar refractivity (Wildman–Crippen MR) is 101 cm³/mol. The molecule has 5 heteroatoms. The van der Waals surface area contributed by atoms with Crippen LogP contribution < -0.4 is 14.8 Å². The third kappa shape index (κ3) is 4.89. The fourth-order valence-electron chi connectivity index (χ4n) is 2.76. The van der Waals surface area contributed by atoms with E-state index >= 15 is 0 Å². The molecule has 1 amide bonds. The van der Waals surface area contributed by atoms with Crippen LogP contribution in [0.4, 0.5) is 0 Å². The number of carbonyl (C=O) groups is 1. The molecule has 0 aromatic heterocycles. The van der Waals surface area contributed by atoms with E-state index in [0.717, 1.165) is 12.8 Å². The first-order chi connectivity index (χ1) is 12.0. The molecule has 2 aromatic carbocycles. The Morgan fingerprint density at radius 1 is 1.12 bits per heavy atom. The van der Waals surface area contributed by atoms with Gasteiger partial charge in [0.1, 0.15) is 0 Å². The topological polar surface area (TPSA) is 47.6 Å². The molecule has 25 heavy (non-hydrogen) atoms. The largest absolute Gasteiger partial charge is 0.493 e. The summed E-state index contributed by atoms with van der Waals surface area (Å²) in [5, 5.41) is 3.27. The van der Waals surface area contributed by atoms with Gasteiger partial charge in [0.05, 0.1) is 19.2 Å². The third-order valence-electron chi connectivity index (χ3n) is 4.10. The van der Waals surface area contributed by atoms with E-state index in [1.165, 1.54) is 30.9 Å². The summed E-state index contributed by atoms with van der Waals surface area (Å²) in [4.78, 5) is 12.3. The number of rotatable bonds is 7. The van der Waals surface area contributed by atoms with Crippen LogP contribution in [0.2, 0.25) is 5.02 Å². The minimum Gasteiger partial charge on any atom is -0.493 e. The number of ether oxygens (including phenoxy) is 2. The van der Waals surface area contributed by atoms with E-state index in [1.54, 1.807) is 12.1 Å². The van der Waals surface area contributed by atoms with Crippen LogP contribution in [0.25, 0.3) is 0 Å². The molecular weight excluding hydrogens is 338 g/mol. The second kappa shape index (κ2) is 8.77. The van der Waals surface area contributed by atoms with Crippen LogP contribution in [-0.2, 0) is 6.42 Å². The fraction of sp³-hybridized carbons (Fsp3) is 0.350. The lowest BCUT2D eigenvalue weighted by Gasteiger charge is -2.12. The van der Waals surface area contributed by atoms with E-state index in [2.05, 4.69) is 37.4 Å². The van der Waals surface area contributed by atoms with Gasteiger partial charge in [-0.3, -0.25) is 4.79 Å². The zero-order valence-electron chi connectivity index (χ0n) is 15.1. The molecule has 0 bridgehead atoms. The Hall–Kier alpha value is -2.20. The van der Waals surface area contributed by atoms with E-state index in [9.17, 15) is 4.79 Å². The van der Waals surface area contributed by atoms with E-state index in [4.69, 9.17) is 21.1 Å². The monoisotopic (exact) mass is 361 g/mol. The molecule has 0 aliphatic rings. The minimum absolute atomic E-state index is 0.177. The van der Waals surface area contributed by atoms with Crippen molar-refractivity contribution >= 4 is 17.5 Å². The standard InChI is InChI=1S/C20H24ClNO3/c1-13-7-8-15(14(2)10-13)6-5-9-22-20(23)16-11-17(21)19(25-4)18(12-16)24-3/h7-8,10-12H,5-6,9H2,1-4H3,(H,22,23). The molecular formula is C20H24ClNO3. The maximum Gasteiger partial charge on any atom is 0.251 e. The van der Waals surface area contributed by atoms with Gasteiger partial charge in [0.15, 0.2) is 11.5 Å². The quantitative estimate of drug-likeness (QED) is 0.746. The molecule has 2 rings (SSSR count). The summed E-state index contributed by atoms with van der Waals surface area (Å²) in [5.74, 6) is 0.689. The summed E-state index contributed by atoms with van der Waals surface area (Å²) in [6, 6.07) is 9.67. The van der Waals surface area contributed by atoms with E-state index in [1.807, 2.05) is 0 Å². The molecule has 0 radical (unpaired) electrons. The zero-order chi connectivity index (χ0) is 18.4. The Morgan fingerprint density at radius 3 is 2.52 bits per heavy atom. The van der Waals surface area contributed by atoms with Crippen LogP contribution >= 0.6 is 11.6 Å². The van der Waals surface area contributed by atoms with Crippen LogP contribution in [-0.4, -0.2) is 26.7 Å². The van der Waals surface area contributed by atoms with Crippen LogP contribution in [0.3, 0.4) is 0 Å². The van der Waals surface area contributed by atoms with Crippen molar-refractivity contribution in [2.75, 3.05) is 20.8 Å². The van der Waals surface area contributed by atoms with Gasteiger partial charge in [0.2, 0.25) is 0 Å². The first-order valence-corrected chi connectivity index (χ1v) is 8.60. The maximum absolute atomic E-state index is 12.3. The summed E-state index contributed by atoms with van der Waals surface area (Å²) in [7, 11) is 3.02. The first kappa shape index (κ1) is 19.1. The van der Waals surface area contributed by atoms with E-state index in [-0.39, 0.29) is 5.91 Å². The molecule has 0 aliphatic carbocycles. The molecule has 1 N–H and O–H groups in total. The van der Waals surface area contributed by atoms with Crippen LogP contribution in [0.15, 0.2) is 30.3 Å². The highest BCUT2D eigenvalue weighted by Gasteiger charge is 2.14. The lowest BCUT2D eigenvalue weighted by atomic mass is 10.0. The molecule has 134 valence electrons. The average molecular weight is 362 g/mol. The number of carbonyl (C=O) groups excluding carboxylic acids is 1. The number of aryl methyl sites for hydroxylation is 3. The van der Waals surface area contributed by atoms with Crippen LogP contribution in [0.1, 0.15) is 33.5 Å². The number of benzene rings is 2. The van der Waals surface area contributed by atoms with E-state index in [0.29, 0.717) is 28.6 Å². The average Bonchev–Trinajstić information content (AvgIpc) is 2.59. The molecule has 0 spiro atoms. The second-order valence-corrected chi connectivity index (χ2v) is 6.39. The highest BCUT2D eigenvalue weighted by molar-refractivity contribution is 6.32. The highest BCUT2D eigenvalue weighted by atomic mass is 35.5. The fourth-order valence-corrected chi connectivity index (χ4v) is 3.05. The van der Waals surface area contributed by atoms with Gasteiger partial charge in [-0.2, -0.15) is 0 Å². The van der Waals surface area contributed by atoms with Crippen molar-refractivity contribution in [2.24, 2.45) is 0 Å². The van der Waals surface area contributed by atoms with Crippen molar-refractivity contribution in [3.63, 3.8) is 0 Å². The van der Waals surface area contributed by atoms with Gasteiger partial charge in [0.25, 0.3) is 5.91 Å². The normalized spacial score (nSPS) is 10.4. The van der Waals surface area contributed by atoms with Crippen molar-refractivity contribution in [3.05, 3.63) is 57.6 Å². The van der Waals surface area contributed by atoms with Crippen molar-refractivity contribution in [1.29, 1.82) is 0 Å². The zero-order valence-corrected chi connectivity index (χ0v) is 15.9. The van der Waals surface area contributed by atoms with Crippen molar-refractivity contribution in [3.8, 4) is 11.5 Å². The van der Waals surface area contributed by atoms with Crippen molar-refractivity contribution in [2.45, 2.75) is 26.7 Å². The number of hydrogen-bond donors (Lipinski definition) is 1. The Labute approximate surface area is 154 Å². The predicted octanol–water partition coefficient (Wildman–Crippen LogP) is 4.34. The number of halogens is 1. The van der Waals surface area contributed by atoms with Gasteiger partial charge in [-0.15, -0.1) is 0 Å².